The maximum atomic E-state index is 13.5. The third kappa shape index (κ3) is 3.41. The molecule has 0 aliphatic heterocycles. The molecule has 0 spiro atoms. The van der Waals surface area contributed by atoms with Crippen LogP contribution < -0.4 is 0 Å². The lowest BCUT2D eigenvalue weighted by Crippen LogP contribution is -2.39. The molecule has 1 aromatic carbocycles. The first-order valence-electron chi connectivity index (χ1n) is 7.30. The number of hydrogen-bond donors (Lipinski definition) is 1. The van der Waals surface area contributed by atoms with Gasteiger partial charge >= 0.3 is 7.60 Å². The highest BCUT2D eigenvalue weighted by Crippen LogP contribution is 2.66. The highest BCUT2D eigenvalue weighted by Gasteiger charge is 2.56. The largest absolute Gasteiger partial charge is 0.411 e. The second-order valence-electron chi connectivity index (χ2n) is 4.46. The van der Waals surface area contributed by atoms with E-state index in [9.17, 15) is 9.77 Å². The average molecular weight is 329 g/mol. The fraction of sp³-hybridized carbons (Fsp3) is 0.533. The molecule has 22 heavy (non-hydrogen) atoms. The van der Waals surface area contributed by atoms with E-state index in [0.717, 1.165) is 0 Å². The highest BCUT2D eigenvalue weighted by molar-refractivity contribution is 7.56. The van der Waals surface area contributed by atoms with Gasteiger partial charge in [0.2, 0.25) is 5.34 Å². The molecule has 1 atom stereocenters. The summed E-state index contributed by atoms with van der Waals surface area (Å²) in [4.78, 5) is 0. The van der Waals surface area contributed by atoms with Crippen LogP contribution in [-0.4, -0.2) is 30.7 Å². The minimum atomic E-state index is -3.78. The lowest BCUT2D eigenvalue weighted by Gasteiger charge is -2.38. The summed E-state index contributed by atoms with van der Waals surface area (Å²) in [6, 6.07) is 8.90. The van der Waals surface area contributed by atoms with Gasteiger partial charge in [-0.2, -0.15) is 0 Å². The summed E-state index contributed by atoms with van der Waals surface area (Å²) in [5.41, 5.74) is 0.670. The summed E-state index contributed by atoms with van der Waals surface area (Å²) < 4.78 is 30.3. The van der Waals surface area contributed by atoms with Gasteiger partial charge in [-0.25, -0.2) is 0 Å². The molecule has 0 saturated carbocycles. The van der Waals surface area contributed by atoms with Crippen molar-refractivity contribution < 1.29 is 23.6 Å². The van der Waals surface area contributed by atoms with Gasteiger partial charge < -0.3 is 19.0 Å². The van der Waals surface area contributed by atoms with E-state index in [1.54, 1.807) is 45.0 Å². The second kappa shape index (κ2) is 8.44. The van der Waals surface area contributed by atoms with Crippen molar-refractivity contribution in [1.29, 1.82) is 0 Å². The fourth-order valence-electron chi connectivity index (χ4n) is 2.33. The van der Waals surface area contributed by atoms with Crippen LogP contribution in [0.1, 0.15) is 33.3 Å². The van der Waals surface area contributed by atoms with Crippen LogP contribution in [0.25, 0.3) is 0 Å². The van der Waals surface area contributed by atoms with Crippen LogP contribution in [0.3, 0.4) is 0 Å². The summed E-state index contributed by atoms with van der Waals surface area (Å²) in [5, 5.41) is 11.0. The quantitative estimate of drug-likeness (QED) is 0.321. The smallest absolute Gasteiger partial charge is 0.372 e. The van der Waals surface area contributed by atoms with E-state index in [1.807, 2.05) is 6.07 Å². The minimum Gasteiger partial charge on any atom is -0.411 e. The minimum absolute atomic E-state index is 0.116. The van der Waals surface area contributed by atoms with Crippen molar-refractivity contribution in [2.45, 2.75) is 33.0 Å². The van der Waals surface area contributed by atoms with E-state index in [1.165, 1.54) is 6.92 Å². The first-order valence-corrected chi connectivity index (χ1v) is 8.84. The normalized spacial score (nSPS) is 15.5. The van der Waals surface area contributed by atoms with Gasteiger partial charge in [0.25, 0.3) is 0 Å². The molecule has 0 bridgehead atoms. The predicted octanol–water partition coefficient (Wildman–Crippen LogP) is 3.99. The Bertz CT molecular complexity index is 524. The molecule has 0 fully saturated rings. The van der Waals surface area contributed by atoms with Gasteiger partial charge in [-0.15, -0.1) is 0 Å². The summed E-state index contributed by atoms with van der Waals surface area (Å²) in [6.07, 6.45) is 0. The number of nitrogens with zero attached hydrogens (tertiary/aromatic N) is 1. The maximum Gasteiger partial charge on any atom is 0.372 e. The van der Waals surface area contributed by atoms with Crippen molar-refractivity contribution in [3.63, 3.8) is 0 Å². The van der Waals surface area contributed by atoms with Crippen LogP contribution in [0.2, 0.25) is 0 Å². The molecule has 0 aromatic heterocycles. The van der Waals surface area contributed by atoms with Gasteiger partial charge in [-0.05, 0) is 27.7 Å². The molecule has 1 aromatic rings. The number of hydrogen-bond acceptors (Lipinski definition) is 6. The number of ether oxygens (including phenoxy) is 1. The zero-order chi connectivity index (χ0) is 16.6. The van der Waals surface area contributed by atoms with Crippen LogP contribution >= 0.6 is 7.60 Å². The Hall–Kier alpha value is -1.20. The molecular weight excluding hydrogens is 305 g/mol. The van der Waals surface area contributed by atoms with Crippen molar-refractivity contribution >= 4 is 13.3 Å². The highest BCUT2D eigenvalue weighted by atomic mass is 31.2. The molecular formula is C15H24NO5P. The lowest BCUT2D eigenvalue weighted by molar-refractivity contribution is 0.0364. The van der Waals surface area contributed by atoms with Crippen molar-refractivity contribution in [3.8, 4) is 0 Å². The van der Waals surface area contributed by atoms with Gasteiger partial charge in [0.1, 0.15) is 5.71 Å². The van der Waals surface area contributed by atoms with Crippen molar-refractivity contribution in [3.05, 3.63) is 35.9 Å². The van der Waals surface area contributed by atoms with E-state index in [-0.39, 0.29) is 25.5 Å². The molecule has 1 N–H and O–H groups in total. The molecule has 0 aliphatic rings. The lowest BCUT2D eigenvalue weighted by atomic mass is 10.1. The zero-order valence-corrected chi connectivity index (χ0v) is 14.4. The third-order valence-corrected chi connectivity index (χ3v) is 5.82. The number of rotatable bonds is 9. The maximum absolute atomic E-state index is 13.5. The number of benzene rings is 1. The monoisotopic (exact) mass is 329 g/mol. The van der Waals surface area contributed by atoms with Crippen molar-refractivity contribution in [2.24, 2.45) is 5.16 Å². The van der Waals surface area contributed by atoms with Crippen molar-refractivity contribution in [1.82, 2.24) is 0 Å². The fourth-order valence-corrected chi connectivity index (χ4v) is 4.64. The predicted molar refractivity (Wildman–Crippen MR) is 85.5 cm³/mol. The summed E-state index contributed by atoms with van der Waals surface area (Å²) in [7, 11) is -3.78. The van der Waals surface area contributed by atoms with E-state index >= 15 is 0 Å². The zero-order valence-electron chi connectivity index (χ0n) is 13.5. The Kier molecular flexibility index (Phi) is 7.23. The van der Waals surface area contributed by atoms with E-state index in [2.05, 4.69) is 5.16 Å². The first-order chi connectivity index (χ1) is 10.5. The molecule has 0 amide bonds. The molecule has 6 nitrogen and oxygen atoms in total. The summed E-state index contributed by atoms with van der Waals surface area (Å²) in [6.45, 7) is 7.34. The standard InChI is InChI=1S/C15H24NO5P/c1-5-19-15(13(4)16-17,14-11-9-8-10-12-14)22(18,20-6-2)21-7-3/h8-12,17H,5-7H2,1-4H3/b16-13+. The van der Waals surface area contributed by atoms with Crippen molar-refractivity contribution in [2.75, 3.05) is 19.8 Å². The van der Waals surface area contributed by atoms with E-state index < -0.39 is 12.9 Å². The Labute approximate surface area is 131 Å². The van der Waals surface area contributed by atoms with Crippen LogP contribution in [0.15, 0.2) is 35.5 Å². The van der Waals surface area contributed by atoms with Gasteiger partial charge in [-0.3, -0.25) is 4.57 Å². The molecule has 1 rings (SSSR count). The molecule has 124 valence electrons. The molecule has 7 heteroatoms. The molecule has 1 unspecified atom stereocenters. The SMILES string of the molecule is CCOC(/C(C)=N/O)(c1ccccc1)P(=O)(OCC)OCC. The Balaban J connectivity index is 3.65. The Morgan fingerprint density at radius 3 is 2.09 bits per heavy atom. The van der Waals surface area contributed by atoms with Crippen LogP contribution in [-0.2, 0) is 23.7 Å². The van der Waals surface area contributed by atoms with E-state index in [0.29, 0.717) is 5.56 Å². The third-order valence-electron chi connectivity index (χ3n) is 3.14. The van der Waals surface area contributed by atoms with Gasteiger partial charge in [0.15, 0.2) is 0 Å². The van der Waals surface area contributed by atoms with Gasteiger partial charge in [-0.1, -0.05) is 35.5 Å². The second-order valence-corrected chi connectivity index (χ2v) is 6.60. The van der Waals surface area contributed by atoms with E-state index in [4.69, 9.17) is 13.8 Å². The number of oxime groups is 1. The summed E-state index contributed by atoms with van der Waals surface area (Å²) >= 11 is 0. The summed E-state index contributed by atoms with van der Waals surface area (Å²) in [5.74, 6) is 0. The first kappa shape index (κ1) is 18.8. The molecule has 0 saturated heterocycles. The van der Waals surface area contributed by atoms with Gasteiger partial charge in [0, 0.05) is 12.2 Å². The molecule has 0 aliphatic carbocycles. The van der Waals surface area contributed by atoms with Crippen LogP contribution in [0, 0.1) is 0 Å². The molecule has 0 radical (unpaired) electrons. The Morgan fingerprint density at radius 1 is 1.14 bits per heavy atom. The topological polar surface area (TPSA) is 77.4 Å². The van der Waals surface area contributed by atoms with Crippen LogP contribution in [0.5, 0.6) is 0 Å². The Morgan fingerprint density at radius 2 is 1.68 bits per heavy atom. The van der Waals surface area contributed by atoms with Crippen LogP contribution in [0.4, 0.5) is 0 Å². The average Bonchev–Trinajstić information content (AvgIpc) is 2.53. The van der Waals surface area contributed by atoms with Gasteiger partial charge in [0.05, 0.1) is 13.2 Å². The molecule has 0 heterocycles.